The predicted octanol–water partition coefficient (Wildman–Crippen LogP) is -0.0141. The molecule has 0 amide bonds. The average molecular weight is 174 g/mol. The van der Waals surface area contributed by atoms with Gasteiger partial charge in [0, 0.05) is 26.3 Å². The Morgan fingerprint density at radius 3 is 1.92 bits per heavy atom. The van der Waals surface area contributed by atoms with E-state index in [1.165, 1.54) is 0 Å². The van der Waals surface area contributed by atoms with Crippen molar-refractivity contribution in [3.8, 4) is 0 Å². The summed E-state index contributed by atoms with van der Waals surface area (Å²) in [7, 11) is 0. The Kier molecular flexibility index (Phi) is 3.94. The van der Waals surface area contributed by atoms with Gasteiger partial charge in [0.25, 0.3) is 0 Å². The van der Waals surface area contributed by atoms with Crippen molar-refractivity contribution in [3.63, 3.8) is 0 Å². The van der Waals surface area contributed by atoms with Crippen LogP contribution in [0.2, 0.25) is 0 Å². The molecular weight excluding hydrogens is 156 g/mol. The fourth-order valence-corrected chi connectivity index (χ4v) is 1.52. The Morgan fingerprint density at radius 1 is 1.17 bits per heavy atom. The second-order valence-electron chi connectivity index (χ2n) is 2.94. The summed E-state index contributed by atoms with van der Waals surface area (Å²) in [4.78, 5) is 0. The van der Waals surface area contributed by atoms with Crippen molar-refractivity contribution in [2.24, 2.45) is 5.84 Å². The maximum Gasteiger partial charge on any atom is 0.0990 e. The Morgan fingerprint density at radius 2 is 1.58 bits per heavy atom. The fourth-order valence-electron chi connectivity index (χ4n) is 1.52. The van der Waals surface area contributed by atoms with Gasteiger partial charge >= 0.3 is 0 Å². The topological polar surface area (TPSA) is 47.7 Å². The maximum atomic E-state index is 5.65. The van der Waals surface area contributed by atoms with Gasteiger partial charge in [-0.05, 0) is 13.8 Å². The lowest BCUT2D eigenvalue weighted by atomic mass is 10.2. The second kappa shape index (κ2) is 4.77. The van der Waals surface area contributed by atoms with Crippen molar-refractivity contribution >= 4 is 0 Å². The molecule has 4 nitrogen and oxygen atoms in total. The molecule has 0 saturated carbocycles. The van der Waals surface area contributed by atoms with Gasteiger partial charge in [0.2, 0.25) is 0 Å². The van der Waals surface area contributed by atoms with Crippen molar-refractivity contribution in [3.05, 3.63) is 0 Å². The Balaban J connectivity index is 2.36. The van der Waals surface area contributed by atoms with E-state index in [1.54, 1.807) is 5.01 Å². The van der Waals surface area contributed by atoms with E-state index in [0.29, 0.717) is 0 Å². The highest BCUT2D eigenvalue weighted by molar-refractivity contribution is 4.83. The maximum absolute atomic E-state index is 5.65. The van der Waals surface area contributed by atoms with Gasteiger partial charge in [0.15, 0.2) is 0 Å². The number of hydrogen-bond donors (Lipinski definition) is 1. The summed E-state index contributed by atoms with van der Waals surface area (Å²) < 4.78 is 11.0. The standard InChI is InChI=1S/C8H18N2O2/c1-3-11-7-5-10(9)6-8(7)12-4-2/h7-8H,3-6,9H2,1-2H3/t7-,8+. The zero-order chi connectivity index (χ0) is 8.97. The summed E-state index contributed by atoms with van der Waals surface area (Å²) in [5.41, 5.74) is 0. The van der Waals surface area contributed by atoms with E-state index in [1.807, 2.05) is 13.8 Å². The van der Waals surface area contributed by atoms with Crippen LogP contribution in [0.4, 0.5) is 0 Å². The Hall–Kier alpha value is -0.160. The summed E-state index contributed by atoms with van der Waals surface area (Å²) in [5.74, 6) is 5.65. The van der Waals surface area contributed by atoms with Crippen LogP contribution in [-0.2, 0) is 9.47 Å². The quantitative estimate of drug-likeness (QED) is 0.609. The third-order valence-electron chi connectivity index (χ3n) is 2.01. The third-order valence-corrected chi connectivity index (χ3v) is 2.01. The van der Waals surface area contributed by atoms with E-state index in [2.05, 4.69) is 0 Å². The molecule has 2 N–H and O–H groups in total. The van der Waals surface area contributed by atoms with Crippen LogP contribution in [-0.4, -0.2) is 43.5 Å². The highest BCUT2D eigenvalue weighted by Gasteiger charge is 2.32. The van der Waals surface area contributed by atoms with Crippen LogP contribution in [0, 0.1) is 0 Å². The lowest BCUT2D eigenvalue weighted by Gasteiger charge is -2.17. The van der Waals surface area contributed by atoms with E-state index in [0.717, 1.165) is 26.3 Å². The zero-order valence-corrected chi connectivity index (χ0v) is 7.82. The molecule has 0 bridgehead atoms. The molecule has 1 aliphatic rings. The SMILES string of the molecule is CCO[C@H]1CN(N)C[C@H]1OCC. The van der Waals surface area contributed by atoms with Gasteiger partial charge in [-0.3, -0.25) is 5.84 Å². The van der Waals surface area contributed by atoms with Crippen LogP contribution >= 0.6 is 0 Å². The lowest BCUT2D eigenvalue weighted by molar-refractivity contribution is -0.0388. The number of rotatable bonds is 4. The third kappa shape index (κ3) is 2.42. The van der Waals surface area contributed by atoms with Gasteiger partial charge in [0.05, 0.1) is 12.2 Å². The molecule has 2 atom stereocenters. The summed E-state index contributed by atoms with van der Waals surface area (Å²) in [6.45, 7) is 6.98. The molecule has 1 heterocycles. The van der Waals surface area contributed by atoms with E-state index in [4.69, 9.17) is 15.3 Å². The van der Waals surface area contributed by atoms with E-state index in [9.17, 15) is 0 Å². The van der Waals surface area contributed by atoms with Gasteiger partial charge in [-0.15, -0.1) is 0 Å². The molecule has 0 aliphatic carbocycles. The minimum absolute atomic E-state index is 0.153. The smallest absolute Gasteiger partial charge is 0.0990 e. The first-order chi connectivity index (χ1) is 5.77. The van der Waals surface area contributed by atoms with Gasteiger partial charge < -0.3 is 9.47 Å². The fraction of sp³-hybridized carbons (Fsp3) is 1.00. The normalized spacial score (nSPS) is 31.2. The van der Waals surface area contributed by atoms with Crippen LogP contribution in [0.3, 0.4) is 0 Å². The van der Waals surface area contributed by atoms with E-state index >= 15 is 0 Å². The van der Waals surface area contributed by atoms with Crippen LogP contribution in [0.15, 0.2) is 0 Å². The van der Waals surface area contributed by atoms with Crippen molar-refractivity contribution in [1.82, 2.24) is 5.01 Å². The molecule has 1 aliphatic heterocycles. The first-order valence-electron chi connectivity index (χ1n) is 4.50. The number of ether oxygens (including phenoxy) is 2. The molecule has 0 spiro atoms. The summed E-state index contributed by atoms with van der Waals surface area (Å²) in [5, 5.41) is 1.75. The van der Waals surface area contributed by atoms with Crippen molar-refractivity contribution in [1.29, 1.82) is 0 Å². The molecule has 0 unspecified atom stereocenters. The van der Waals surface area contributed by atoms with Gasteiger partial charge in [-0.1, -0.05) is 0 Å². The van der Waals surface area contributed by atoms with E-state index in [-0.39, 0.29) is 12.2 Å². The largest absolute Gasteiger partial charge is 0.374 e. The minimum atomic E-state index is 0.153. The first-order valence-corrected chi connectivity index (χ1v) is 4.50. The first kappa shape index (κ1) is 9.92. The minimum Gasteiger partial charge on any atom is -0.374 e. The van der Waals surface area contributed by atoms with Crippen molar-refractivity contribution < 1.29 is 9.47 Å². The van der Waals surface area contributed by atoms with Crippen molar-refractivity contribution in [2.45, 2.75) is 26.1 Å². The molecule has 0 radical (unpaired) electrons. The summed E-state index contributed by atoms with van der Waals surface area (Å²) in [6, 6.07) is 0. The molecule has 0 aromatic heterocycles. The Labute approximate surface area is 73.6 Å². The summed E-state index contributed by atoms with van der Waals surface area (Å²) >= 11 is 0. The van der Waals surface area contributed by atoms with Crippen LogP contribution in [0.1, 0.15) is 13.8 Å². The molecule has 4 heteroatoms. The molecule has 0 aromatic rings. The number of nitrogens with zero attached hydrogens (tertiary/aromatic N) is 1. The number of hydrogen-bond acceptors (Lipinski definition) is 4. The number of hydrazine groups is 1. The molecule has 1 saturated heterocycles. The monoisotopic (exact) mass is 174 g/mol. The highest BCUT2D eigenvalue weighted by Crippen LogP contribution is 2.13. The lowest BCUT2D eigenvalue weighted by Crippen LogP contribution is -2.29. The van der Waals surface area contributed by atoms with Crippen LogP contribution in [0.25, 0.3) is 0 Å². The average Bonchev–Trinajstić information content (AvgIpc) is 2.33. The molecule has 1 rings (SSSR count). The summed E-state index contributed by atoms with van der Waals surface area (Å²) in [6.07, 6.45) is 0.305. The van der Waals surface area contributed by atoms with Gasteiger partial charge in [-0.2, -0.15) is 0 Å². The number of nitrogens with two attached hydrogens (primary N) is 1. The molecule has 0 aromatic carbocycles. The highest BCUT2D eigenvalue weighted by atomic mass is 16.5. The molecular formula is C8H18N2O2. The molecule has 1 fully saturated rings. The Bertz CT molecular complexity index is 118. The molecule has 12 heavy (non-hydrogen) atoms. The van der Waals surface area contributed by atoms with Crippen molar-refractivity contribution in [2.75, 3.05) is 26.3 Å². The van der Waals surface area contributed by atoms with Gasteiger partial charge in [0.1, 0.15) is 0 Å². The molecule has 72 valence electrons. The van der Waals surface area contributed by atoms with E-state index < -0.39 is 0 Å². The second-order valence-corrected chi connectivity index (χ2v) is 2.94. The predicted molar refractivity (Wildman–Crippen MR) is 46.6 cm³/mol. The zero-order valence-electron chi connectivity index (χ0n) is 7.82. The van der Waals surface area contributed by atoms with Crippen LogP contribution < -0.4 is 5.84 Å². The van der Waals surface area contributed by atoms with Crippen LogP contribution in [0.5, 0.6) is 0 Å². The van der Waals surface area contributed by atoms with Gasteiger partial charge in [-0.25, -0.2) is 5.01 Å².